The Balaban J connectivity index is 2.51. The number of nitrogens with zero attached hydrogens (tertiary/aromatic N) is 1. The number of likely N-dealkylation sites (tertiary alicyclic amines) is 1. The summed E-state index contributed by atoms with van der Waals surface area (Å²) in [5.41, 5.74) is 0. The molecule has 0 saturated carbocycles. The average Bonchev–Trinajstić information content (AvgIpc) is 1.54. The zero-order valence-corrected chi connectivity index (χ0v) is 7.16. The van der Waals surface area contributed by atoms with E-state index in [9.17, 15) is 4.39 Å². The summed E-state index contributed by atoms with van der Waals surface area (Å²) in [6, 6.07) is 0. The lowest BCUT2D eigenvalue weighted by molar-refractivity contribution is 0.0948. The Bertz CT molecular complexity index is 115. The van der Waals surface area contributed by atoms with Crippen molar-refractivity contribution in [2.24, 2.45) is 5.92 Å². The van der Waals surface area contributed by atoms with Crippen molar-refractivity contribution in [3.8, 4) is 0 Å². The molecule has 1 fully saturated rings. The third-order valence-electron chi connectivity index (χ3n) is 1.77. The third kappa shape index (κ3) is 2.10. The summed E-state index contributed by atoms with van der Waals surface area (Å²) in [5, 5.41) is -1.48. The maximum absolute atomic E-state index is 13.1. The van der Waals surface area contributed by atoms with Crippen LogP contribution < -0.4 is 0 Å². The first-order valence-corrected chi connectivity index (χ1v) is 3.94. The highest BCUT2D eigenvalue weighted by Gasteiger charge is 2.34. The van der Waals surface area contributed by atoms with Crippen LogP contribution in [0.4, 0.5) is 4.39 Å². The smallest absolute Gasteiger partial charge is 0.196 e. The molecule has 1 rings (SSSR count). The quantitative estimate of drug-likeness (QED) is 0.496. The number of piperidine rings is 1. The summed E-state index contributed by atoms with van der Waals surface area (Å²) in [6.07, 6.45) is 0.485. The van der Waals surface area contributed by atoms with Gasteiger partial charge >= 0.3 is 0 Å². The van der Waals surface area contributed by atoms with Crippen LogP contribution in [0.3, 0.4) is 0 Å². The molecule has 1 aliphatic rings. The molecular formula is C7H13ClFN. The number of halogens is 2. The second-order valence-electron chi connectivity index (χ2n) is 3.36. The molecule has 0 radical (unpaired) electrons. The lowest BCUT2D eigenvalue weighted by atomic mass is 9.99. The molecule has 3 heteroatoms. The number of rotatable bonds is 0. The lowest BCUT2D eigenvalue weighted by Gasteiger charge is -2.34. The van der Waals surface area contributed by atoms with Crippen LogP contribution in [-0.4, -0.2) is 30.2 Å². The average molecular weight is 166 g/mol. The molecule has 0 aromatic rings. The van der Waals surface area contributed by atoms with Crippen molar-refractivity contribution in [3.05, 3.63) is 0 Å². The van der Waals surface area contributed by atoms with E-state index in [-0.39, 0.29) is 0 Å². The van der Waals surface area contributed by atoms with Crippen LogP contribution in [0, 0.1) is 5.92 Å². The van der Waals surface area contributed by atoms with E-state index < -0.39 is 5.13 Å². The number of hydrogen-bond acceptors (Lipinski definition) is 1. The van der Waals surface area contributed by atoms with E-state index in [1.54, 1.807) is 0 Å². The van der Waals surface area contributed by atoms with E-state index in [0.29, 0.717) is 18.9 Å². The van der Waals surface area contributed by atoms with Gasteiger partial charge in [-0.15, -0.1) is 0 Å². The van der Waals surface area contributed by atoms with Crippen LogP contribution in [0.2, 0.25) is 0 Å². The maximum atomic E-state index is 13.1. The molecule has 0 aromatic carbocycles. The Labute approximate surface area is 66.2 Å². The molecule has 0 spiro atoms. The van der Waals surface area contributed by atoms with Crippen molar-refractivity contribution >= 4 is 11.6 Å². The van der Waals surface area contributed by atoms with Crippen LogP contribution >= 0.6 is 11.6 Å². The summed E-state index contributed by atoms with van der Waals surface area (Å²) < 4.78 is 13.1. The van der Waals surface area contributed by atoms with E-state index in [2.05, 4.69) is 0 Å². The first-order chi connectivity index (χ1) is 4.49. The molecule has 1 aliphatic heterocycles. The summed E-state index contributed by atoms with van der Waals surface area (Å²) in [7, 11) is 1.90. The molecule has 0 amide bonds. The largest absolute Gasteiger partial charge is 0.302 e. The molecule has 2 atom stereocenters. The molecule has 0 bridgehead atoms. The van der Waals surface area contributed by atoms with Gasteiger partial charge in [-0.25, -0.2) is 4.39 Å². The Kier molecular flexibility index (Phi) is 2.21. The predicted octanol–water partition coefficient (Wildman–Crippen LogP) is 1.86. The fraction of sp³-hybridized carbons (Fsp3) is 1.00. The van der Waals surface area contributed by atoms with Gasteiger partial charge in [0.05, 0.1) is 0 Å². The molecule has 0 N–H and O–H groups in total. The maximum Gasteiger partial charge on any atom is 0.196 e. The van der Waals surface area contributed by atoms with Crippen molar-refractivity contribution in [3.63, 3.8) is 0 Å². The summed E-state index contributed by atoms with van der Waals surface area (Å²) in [5.74, 6) is 0.376. The molecule has 1 nitrogen and oxygen atoms in total. The van der Waals surface area contributed by atoms with Crippen molar-refractivity contribution in [2.75, 3.05) is 20.1 Å². The highest BCUT2D eigenvalue weighted by molar-refractivity contribution is 6.23. The second-order valence-corrected chi connectivity index (χ2v) is 4.04. The molecule has 0 aliphatic carbocycles. The Hall–Kier alpha value is 0.180. The van der Waals surface area contributed by atoms with Gasteiger partial charge in [0.2, 0.25) is 0 Å². The molecule has 0 aromatic heterocycles. The van der Waals surface area contributed by atoms with Crippen LogP contribution in [0.1, 0.15) is 13.3 Å². The van der Waals surface area contributed by atoms with Gasteiger partial charge in [0.15, 0.2) is 5.13 Å². The van der Waals surface area contributed by atoms with Gasteiger partial charge in [0.1, 0.15) is 0 Å². The van der Waals surface area contributed by atoms with E-state index in [4.69, 9.17) is 11.6 Å². The highest BCUT2D eigenvalue weighted by Crippen LogP contribution is 2.31. The van der Waals surface area contributed by atoms with E-state index in [0.717, 1.165) is 6.54 Å². The van der Waals surface area contributed by atoms with Crippen molar-refractivity contribution in [2.45, 2.75) is 18.5 Å². The zero-order valence-electron chi connectivity index (χ0n) is 6.40. The molecule has 1 saturated heterocycles. The zero-order chi connectivity index (χ0) is 7.78. The summed E-state index contributed by atoms with van der Waals surface area (Å²) in [6.45, 7) is 3.34. The minimum atomic E-state index is -1.48. The summed E-state index contributed by atoms with van der Waals surface area (Å²) in [4.78, 5) is 1.93. The SMILES string of the molecule is C[C@H]1CN(C)C[C@@](F)(Cl)C1. The van der Waals surface area contributed by atoms with Gasteiger partial charge in [-0.05, 0) is 13.0 Å². The summed E-state index contributed by atoms with van der Waals surface area (Å²) >= 11 is 5.55. The Morgan fingerprint density at radius 3 is 2.70 bits per heavy atom. The van der Waals surface area contributed by atoms with Gasteiger partial charge in [-0.1, -0.05) is 18.5 Å². The molecule has 10 heavy (non-hydrogen) atoms. The van der Waals surface area contributed by atoms with E-state index in [1.165, 1.54) is 0 Å². The molecular weight excluding hydrogens is 153 g/mol. The Morgan fingerprint density at radius 2 is 2.30 bits per heavy atom. The number of alkyl halides is 2. The first kappa shape index (κ1) is 8.28. The van der Waals surface area contributed by atoms with Crippen LogP contribution in [0.25, 0.3) is 0 Å². The third-order valence-corrected chi connectivity index (χ3v) is 2.05. The minimum Gasteiger partial charge on any atom is -0.302 e. The first-order valence-electron chi connectivity index (χ1n) is 3.56. The fourth-order valence-electron chi connectivity index (χ4n) is 1.63. The van der Waals surface area contributed by atoms with Gasteiger partial charge in [-0.2, -0.15) is 0 Å². The predicted molar refractivity (Wildman–Crippen MR) is 41.0 cm³/mol. The molecule has 0 unspecified atom stereocenters. The normalized spacial score (nSPS) is 43.8. The molecule has 1 heterocycles. The topological polar surface area (TPSA) is 3.24 Å². The van der Waals surface area contributed by atoms with Crippen LogP contribution in [0.5, 0.6) is 0 Å². The van der Waals surface area contributed by atoms with Gasteiger partial charge in [0, 0.05) is 19.5 Å². The number of hydrogen-bond donors (Lipinski definition) is 0. The molecule has 60 valence electrons. The second kappa shape index (κ2) is 2.67. The van der Waals surface area contributed by atoms with E-state index >= 15 is 0 Å². The van der Waals surface area contributed by atoms with Gasteiger partial charge < -0.3 is 4.90 Å². The van der Waals surface area contributed by atoms with Gasteiger partial charge in [0.25, 0.3) is 0 Å². The van der Waals surface area contributed by atoms with E-state index in [1.807, 2.05) is 18.9 Å². The van der Waals surface area contributed by atoms with Crippen molar-refractivity contribution < 1.29 is 4.39 Å². The monoisotopic (exact) mass is 165 g/mol. The highest BCUT2D eigenvalue weighted by atomic mass is 35.5. The van der Waals surface area contributed by atoms with Crippen LogP contribution in [-0.2, 0) is 0 Å². The van der Waals surface area contributed by atoms with Crippen molar-refractivity contribution in [1.82, 2.24) is 4.90 Å². The fourth-order valence-corrected chi connectivity index (χ4v) is 2.10. The Morgan fingerprint density at radius 1 is 1.70 bits per heavy atom. The minimum absolute atomic E-state index is 0.360. The van der Waals surface area contributed by atoms with Crippen LogP contribution in [0.15, 0.2) is 0 Å². The van der Waals surface area contributed by atoms with Crippen molar-refractivity contribution in [1.29, 1.82) is 0 Å². The standard InChI is InChI=1S/C7H13ClFN/c1-6-3-7(8,9)5-10(2)4-6/h6H,3-5H2,1-2H3/t6-,7-/m1/s1. The van der Waals surface area contributed by atoms with Gasteiger partial charge in [-0.3, -0.25) is 0 Å². The lowest BCUT2D eigenvalue weighted by Crippen LogP contribution is -2.43.